The van der Waals surface area contributed by atoms with Crippen LogP contribution in [0.25, 0.3) is 0 Å². The molecule has 62 valence electrons. The molecule has 1 aromatic carbocycles. The van der Waals surface area contributed by atoms with Gasteiger partial charge in [0.1, 0.15) is 0 Å². The lowest BCUT2D eigenvalue weighted by Crippen LogP contribution is -1.99. The van der Waals surface area contributed by atoms with Crippen molar-refractivity contribution in [2.45, 2.75) is 13.5 Å². The van der Waals surface area contributed by atoms with Crippen molar-refractivity contribution >= 4 is 22.6 Å². The predicted molar refractivity (Wildman–Crippen MR) is 59.7 cm³/mol. The van der Waals surface area contributed by atoms with Crippen LogP contribution in [0.5, 0.6) is 0 Å². The van der Waals surface area contributed by atoms with E-state index in [2.05, 4.69) is 34.6 Å². The topological polar surface area (TPSA) is 26.0 Å². The number of nitrogens with two attached hydrogens (primary N) is 1. The summed E-state index contributed by atoms with van der Waals surface area (Å²) in [7, 11) is 0. The Morgan fingerprint density at radius 2 is 2.25 bits per heavy atom. The third kappa shape index (κ3) is 1.79. The molecule has 0 atom stereocenters. The summed E-state index contributed by atoms with van der Waals surface area (Å²) in [4.78, 5) is 0. The van der Waals surface area contributed by atoms with Gasteiger partial charge in [-0.25, -0.2) is 0 Å². The van der Waals surface area contributed by atoms with Gasteiger partial charge in [0.15, 0.2) is 0 Å². The van der Waals surface area contributed by atoms with Gasteiger partial charge in [-0.2, -0.15) is 0 Å². The van der Waals surface area contributed by atoms with E-state index < -0.39 is 0 Å². The summed E-state index contributed by atoms with van der Waals surface area (Å²) in [6, 6.07) is 4.04. The molecular formula is C10H10IN. The molecule has 0 spiro atoms. The molecule has 0 bridgehead atoms. The molecule has 0 aliphatic carbocycles. The zero-order valence-electron chi connectivity index (χ0n) is 6.89. The summed E-state index contributed by atoms with van der Waals surface area (Å²) < 4.78 is 1.18. The van der Waals surface area contributed by atoms with Crippen LogP contribution >= 0.6 is 22.6 Å². The lowest BCUT2D eigenvalue weighted by atomic mass is 10.1. The smallest absolute Gasteiger partial charge is 0.0285 e. The molecule has 0 saturated carbocycles. The maximum Gasteiger partial charge on any atom is 0.0285 e. The highest BCUT2D eigenvalue weighted by Gasteiger charge is 2.01. The van der Waals surface area contributed by atoms with Gasteiger partial charge in [-0.15, -0.1) is 6.42 Å². The molecule has 1 rings (SSSR count). The quantitative estimate of drug-likeness (QED) is 0.614. The van der Waals surface area contributed by atoms with Crippen LogP contribution in [-0.2, 0) is 6.54 Å². The zero-order chi connectivity index (χ0) is 9.14. The Hall–Kier alpha value is -0.530. The van der Waals surface area contributed by atoms with Crippen LogP contribution in [0.3, 0.4) is 0 Å². The SMILES string of the molecule is C#Cc1cc(CN)cc(I)c1C. The summed E-state index contributed by atoms with van der Waals surface area (Å²) in [5.41, 5.74) is 8.72. The molecule has 0 radical (unpaired) electrons. The Morgan fingerprint density at radius 1 is 1.58 bits per heavy atom. The largest absolute Gasteiger partial charge is 0.326 e. The first kappa shape index (κ1) is 9.56. The van der Waals surface area contributed by atoms with Crippen LogP contribution in [0.2, 0.25) is 0 Å². The maximum atomic E-state index is 5.52. The Morgan fingerprint density at radius 3 is 2.75 bits per heavy atom. The van der Waals surface area contributed by atoms with Crippen LogP contribution in [0.15, 0.2) is 12.1 Å². The summed E-state index contributed by atoms with van der Waals surface area (Å²) in [5, 5.41) is 0. The van der Waals surface area contributed by atoms with Crippen molar-refractivity contribution in [3.8, 4) is 12.3 Å². The van der Waals surface area contributed by atoms with Gasteiger partial charge in [0.25, 0.3) is 0 Å². The molecule has 1 aromatic rings. The van der Waals surface area contributed by atoms with Gasteiger partial charge in [-0.3, -0.25) is 0 Å². The first-order chi connectivity index (χ1) is 5.69. The third-order valence-corrected chi connectivity index (χ3v) is 2.92. The predicted octanol–water partition coefficient (Wildman–Crippen LogP) is 2.04. The normalized spacial score (nSPS) is 9.50. The Bertz CT molecular complexity index is 336. The fourth-order valence-electron chi connectivity index (χ4n) is 1.00. The van der Waals surface area contributed by atoms with E-state index in [0.29, 0.717) is 6.54 Å². The molecule has 0 unspecified atom stereocenters. The van der Waals surface area contributed by atoms with E-state index in [-0.39, 0.29) is 0 Å². The standard InChI is InChI=1S/C10H10IN/c1-3-9-4-8(6-12)5-10(11)7(9)2/h1,4-5H,6,12H2,2H3. The molecule has 0 fully saturated rings. The first-order valence-electron chi connectivity index (χ1n) is 3.64. The van der Waals surface area contributed by atoms with Crippen LogP contribution in [0.4, 0.5) is 0 Å². The van der Waals surface area contributed by atoms with E-state index in [4.69, 9.17) is 12.2 Å². The van der Waals surface area contributed by atoms with E-state index in [1.54, 1.807) is 0 Å². The Kier molecular flexibility index (Phi) is 3.12. The molecular weight excluding hydrogens is 261 g/mol. The molecule has 2 heteroatoms. The highest BCUT2D eigenvalue weighted by atomic mass is 127. The second-order valence-corrected chi connectivity index (χ2v) is 3.76. The minimum Gasteiger partial charge on any atom is -0.326 e. The van der Waals surface area contributed by atoms with Crippen molar-refractivity contribution in [2.24, 2.45) is 5.73 Å². The molecule has 0 aliphatic heterocycles. The van der Waals surface area contributed by atoms with Crippen LogP contribution < -0.4 is 5.73 Å². The highest BCUT2D eigenvalue weighted by Crippen LogP contribution is 2.17. The van der Waals surface area contributed by atoms with Crippen molar-refractivity contribution in [2.75, 3.05) is 0 Å². The molecule has 0 saturated heterocycles. The Balaban J connectivity index is 3.31. The van der Waals surface area contributed by atoms with Gasteiger partial charge < -0.3 is 5.73 Å². The molecule has 0 amide bonds. The van der Waals surface area contributed by atoms with Crippen LogP contribution in [0, 0.1) is 22.8 Å². The lowest BCUT2D eigenvalue weighted by Gasteiger charge is -2.04. The van der Waals surface area contributed by atoms with Gasteiger partial charge in [0.05, 0.1) is 0 Å². The lowest BCUT2D eigenvalue weighted by molar-refractivity contribution is 1.06. The van der Waals surface area contributed by atoms with Gasteiger partial charge in [0, 0.05) is 15.7 Å². The monoisotopic (exact) mass is 271 g/mol. The number of terminal acetylenes is 1. The molecule has 1 nitrogen and oxygen atoms in total. The van der Waals surface area contributed by atoms with Gasteiger partial charge >= 0.3 is 0 Å². The van der Waals surface area contributed by atoms with E-state index in [9.17, 15) is 0 Å². The fraction of sp³-hybridized carbons (Fsp3) is 0.200. The number of hydrogen-bond acceptors (Lipinski definition) is 1. The number of rotatable bonds is 1. The van der Waals surface area contributed by atoms with E-state index in [0.717, 1.165) is 16.7 Å². The summed E-state index contributed by atoms with van der Waals surface area (Å²) >= 11 is 2.27. The maximum absolute atomic E-state index is 5.52. The molecule has 2 N–H and O–H groups in total. The second-order valence-electron chi connectivity index (χ2n) is 2.60. The Labute approximate surface area is 86.5 Å². The summed E-state index contributed by atoms with van der Waals surface area (Å²) in [6.07, 6.45) is 5.35. The van der Waals surface area contributed by atoms with E-state index in [1.807, 2.05) is 13.0 Å². The molecule has 12 heavy (non-hydrogen) atoms. The molecule has 0 aromatic heterocycles. The van der Waals surface area contributed by atoms with Crippen molar-refractivity contribution in [3.63, 3.8) is 0 Å². The van der Waals surface area contributed by atoms with Gasteiger partial charge in [0.2, 0.25) is 0 Å². The average molecular weight is 271 g/mol. The number of benzene rings is 1. The van der Waals surface area contributed by atoms with Crippen molar-refractivity contribution in [1.29, 1.82) is 0 Å². The van der Waals surface area contributed by atoms with E-state index >= 15 is 0 Å². The average Bonchev–Trinajstić information content (AvgIpc) is 2.09. The first-order valence-corrected chi connectivity index (χ1v) is 4.72. The van der Waals surface area contributed by atoms with Crippen LogP contribution in [-0.4, -0.2) is 0 Å². The second kappa shape index (κ2) is 3.92. The summed E-state index contributed by atoms with van der Waals surface area (Å²) in [5.74, 6) is 2.65. The van der Waals surface area contributed by atoms with Gasteiger partial charge in [-0.05, 0) is 52.8 Å². The summed E-state index contributed by atoms with van der Waals surface area (Å²) in [6.45, 7) is 2.57. The third-order valence-electron chi connectivity index (χ3n) is 1.80. The van der Waals surface area contributed by atoms with Crippen molar-refractivity contribution in [1.82, 2.24) is 0 Å². The zero-order valence-corrected chi connectivity index (χ0v) is 9.05. The van der Waals surface area contributed by atoms with E-state index in [1.165, 1.54) is 3.57 Å². The van der Waals surface area contributed by atoms with Crippen LogP contribution in [0.1, 0.15) is 16.7 Å². The molecule has 0 aliphatic rings. The van der Waals surface area contributed by atoms with Crippen molar-refractivity contribution < 1.29 is 0 Å². The van der Waals surface area contributed by atoms with Gasteiger partial charge in [-0.1, -0.05) is 5.92 Å². The number of hydrogen-bond donors (Lipinski definition) is 1. The van der Waals surface area contributed by atoms with Crippen molar-refractivity contribution in [3.05, 3.63) is 32.4 Å². The minimum absolute atomic E-state index is 0.547. The highest BCUT2D eigenvalue weighted by molar-refractivity contribution is 14.1. The number of halogens is 1. The minimum atomic E-state index is 0.547. The fourth-order valence-corrected chi connectivity index (χ4v) is 1.69. The molecule has 0 heterocycles.